The second-order valence-corrected chi connectivity index (χ2v) is 10.2. The first-order valence-electron chi connectivity index (χ1n) is 13.0. The Balaban J connectivity index is 1.14. The monoisotopic (exact) mass is 536 g/mol. The van der Waals surface area contributed by atoms with E-state index in [4.69, 9.17) is 4.74 Å². The van der Waals surface area contributed by atoms with Gasteiger partial charge in [0.1, 0.15) is 12.4 Å². The summed E-state index contributed by atoms with van der Waals surface area (Å²) < 4.78 is 6.02. The maximum Gasteiger partial charge on any atom is 0.322 e. The van der Waals surface area contributed by atoms with E-state index < -0.39 is 23.5 Å². The molecule has 2 aromatic carbocycles. The molecule has 2 aromatic heterocycles. The Morgan fingerprint density at radius 2 is 1.88 bits per heavy atom. The quantitative estimate of drug-likeness (QED) is 0.310. The highest BCUT2D eigenvalue weighted by molar-refractivity contribution is 6.08. The molecule has 2 aliphatic rings. The molecule has 3 N–H and O–H groups in total. The fourth-order valence-corrected chi connectivity index (χ4v) is 5.46. The summed E-state index contributed by atoms with van der Waals surface area (Å²) >= 11 is 0. The molecule has 2 atom stereocenters. The molecule has 0 saturated carbocycles. The van der Waals surface area contributed by atoms with Gasteiger partial charge in [-0.2, -0.15) is 0 Å². The zero-order valence-corrected chi connectivity index (χ0v) is 21.9. The first-order chi connectivity index (χ1) is 19.4. The number of rotatable bonds is 7. The van der Waals surface area contributed by atoms with Gasteiger partial charge in [0.15, 0.2) is 5.54 Å². The molecule has 2 aliphatic heterocycles. The summed E-state index contributed by atoms with van der Waals surface area (Å²) in [4.78, 5) is 48.8. The lowest BCUT2D eigenvalue weighted by atomic mass is 9.93. The van der Waals surface area contributed by atoms with E-state index >= 15 is 0 Å². The summed E-state index contributed by atoms with van der Waals surface area (Å²) in [6.45, 7) is 3.53. The number of amides is 4. The van der Waals surface area contributed by atoms with Crippen LogP contribution in [0.25, 0.3) is 10.9 Å². The van der Waals surface area contributed by atoms with Crippen LogP contribution < -0.4 is 20.7 Å². The summed E-state index contributed by atoms with van der Waals surface area (Å²) in [6.07, 6.45) is 3.41. The topological polar surface area (TPSA) is 126 Å². The molecule has 40 heavy (non-hydrogen) atoms. The van der Waals surface area contributed by atoms with Crippen molar-refractivity contribution in [2.75, 3.05) is 13.1 Å². The van der Waals surface area contributed by atoms with Crippen LogP contribution in [-0.2, 0) is 17.9 Å². The van der Waals surface area contributed by atoms with E-state index in [2.05, 4.69) is 25.9 Å². The Labute approximate surface area is 230 Å². The standard InChI is InChI=1S/C30H28N6O4/c1-19-14-22(24-4-2-3-5-25(24)32-19)17-40-23-8-6-21(7-9-23)27(37)33-26-16-36(15-20-10-12-31-13-11-20)18-30(26)28(38)34-29(39)35-30/h2-14,26H,15-18H2,1H3,(H,33,37)(H2,34,35,38,39)/t26-,30+/m1/s1. The first kappa shape index (κ1) is 25.4. The predicted octanol–water partition coefficient (Wildman–Crippen LogP) is 2.71. The van der Waals surface area contributed by atoms with Crippen LogP contribution >= 0.6 is 0 Å². The summed E-state index contributed by atoms with van der Waals surface area (Å²) in [7, 11) is 0. The lowest BCUT2D eigenvalue weighted by Crippen LogP contribution is -2.62. The minimum absolute atomic E-state index is 0.272. The van der Waals surface area contributed by atoms with Crippen LogP contribution in [-0.4, -0.2) is 57.4 Å². The molecule has 10 heteroatoms. The molecule has 2 fully saturated rings. The van der Waals surface area contributed by atoms with E-state index in [-0.39, 0.29) is 12.5 Å². The Morgan fingerprint density at radius 3 is 2.62 bits per heavy atom. The number of ether oxygens (including phenoxy) is 1. The summed E-state index contributed by atoms with van der Waals surface area (Å²) in [5, 5.41) is 9.12. The average molecular weight is 537 g/mol. The van der Waals surface area contributed by atoms with Crippen molar-refractivity contribution in [1.29, 1.82) is 0 Å². The highest BCUT2D eigenvalue weighted by atomic mass is 16.5. The number of carbonyl (C=O) groups is 3. The number of para-hydroxylation sites is 1. The van der Waals surface area contributed by atoms with Crippen LogP contribution in [0.3, 0.4) is 0 Å². The van der Waals surface area contributed by atoms with E-state index in [1.807, 2.05) is 54.3 Å². The predicted molar refractivity (Wildman–Crippen MR) is 147 cm³/mol. The van der Waals surface area contributed by atoms with Crippen LogP contribution in [0.15, 0.2) is 79.1 Å². The molecular formula is C30H28N6O4. The van der Waals surface area contributed by atoms with Crippen LogP contribution in [0.5, 0.6) is 5.75 Å². The van der Waals surface area contributed by atoms with Crippen molar-refractivity contribution < 1.29 is 19.1 Å². The third kappa shape index (κ3) is 4.96. The number of carbonyl (C=O) groups excluding carboxylic acids is 3. The van der Waals surface area contributed by atoms with E-state index in [0.717, 1.165) is 27.7 Å². The number of likely N-dealkylation sites (tertiary alicyclic amines) is 1. The molecule has 202 valence electrons. The van der Waals surface area contributed by atoms with Gasteiger partial charge in [0.2, 0.25) is 0 Å². The van der Waals surface area contributed by atoms with E-state index in [1.54, 1.807) is 36.7 Å². The number of nitrogens with zero attached hydrogens (tertiary/aromatic N) is 3. The van der Waals surface area contributed by atoms with E-state index in [0.29, 0.717) is 31.0 Å². The van der Waals surface area contributed by atoms with Crippen molar-refractivity contribution in [3.63, 3.8) is 0 Å². The number of pyridine rings is 2. The Bertz CT molecular complexity index is 1590. The molecule has 0 bridgehead atoms. The number of nitrogens with one attached hydrogen (secondary N) is 3. The Hall–Kier alpha value is -4.83. The maximum atomic E-state index is 13.2. The number of hydrogen-bond donors (Lipinski definition) is 3. The SMILES string of the molecule is Cc1cc(COc2ccc(C(=O)N[C@@H]3CN(Cc4ccncc4)C[C@]34NC(=O)NC4=O)cc2)c2ccccc2n1. The largest absolute Gasteiger partial charge is 0.489 e. The van der Waals surface area contributed by atoms with Crippen molar-refractivity contribution in [2.45, 2.75) is 31.7 Å². The summed E-state index contributed by atoms with van der Waals surface area (Å²) in [5.41, 5.74) is 3.07. The van der Waals surface area contributed by atoms with Crippen molar-refractivity contribution in [3.05, 3.63) is 102 Å². The summed E-state index contributed by atoms with van der Waals surface area (Å²) in [5.74, 6) is -0.160. The number of imide groups is 1. The first-order valence-corrected chi connectivity index (χ1v) is 13.0. The Morgan fingerprint density at radius 1 is 1.10 bits per heavy atom. The van der Waals surface area contributed by atoms with Gasteiger partial charge in [-0.1, -0.05) is 18.2 Å². The van der Waals surface area contributed by atoms with Gasteiger partial charge in [-0.15, -0.1) is 0 Å². The van der Waals surface area contributed by atoms with Crippen molar-refractivity contribution in [2.24, 2.45) is 0 Å². The average Bonchev–Trinajstić information content (AvgIpc) is 3.44. The summed E-state index contributed by atoms with van der Waals surface area (Å²) in [6, 6.07) is 19.4. The van der Waals surface area contributed by atoms with Gasteiger partial charge in [-0.25, -0.2) is 4.79 Å². The van der Waals surface area contributed by atoms with Gasteiger partial charge in [-0.3, -0.25) is 29.8 Å². The van der Waals surface area contributed by atoms with Crippen molar-refractivity contribution >= 4 is 28.7 Å². The molecule has 1 spiro atoms. The molecule has 4 amide bonds. The minimum Gasteiger partial charge on any atom is -0.489 e. The minimum atomic E-state index is -1.24. The number of urea groups is 1. The molecule has 10 nitrogen and oxygen atoms in total. The van der Waals surface area contributed by atoms with Gasteiger partial charge in [0.05, 0.1) is 11.6 Å². The van der Waals surface area contributed by atoms with Crippen LogP contribution in [0, 0.1) is 6.92 Å². The molecule has 0 unspecified atom stereocenters. The molecule has 4 aromatic rings. The molecule has 4 heterocycles. The highest BCUT2D eigenvalue weighted by Gasteiger charge is 2.57. The maximum absolute atomic E-state index is 13.2. The van der Waals surface area contributed by atoms with Gasteiger partial charge in [0.25, 0.3) is 11.8 Å². The number of aryl methyl sites for hydroxylation is 1. The van der Waals surface area contributed by atoms with Crippen LogP contribution in [0.1, 0.15) is 27.2 Å². The molecule has 2 saturated heterocycles. The highest BCUT2D eigenvalue weighted by Crippen LogP contribution is 2.27. The fraction of sp³-hybridized carbons (Fsp3) is 0.233. The lowest BCUT2D eigenvalue weighted by molar-refractivity contribution is -0.124. The molecular weight excluding hydrogens is 508 g/mol. The third-order valence-corrected chi connectivity index (χ3v) is 7.38. The number of fused-ring (bicyclic) bond motifs is 1. The zero-order chi connectivity index (χ0) is 27.7. The van der Waals surface area contributed by atoms with Crippen molar-refractivity contribution in [3.8, 4) is 5.75 Å². The molecule has 6 rings (SSSR count). The smallest absolute Gasteiger partial charge is 0.322 e. The lowest BCUT2D eigenvalue weighted by Gasteiger charge is -2.27. The molecule has 0 radical (unpaired) electrons. The van der Waals surface area contributed by atoms with Gasteiger partial charge in [-0.05, 0) is 61.0 Å². The van der Waals surface area contributed by atoms with Crippen LogP contribution in [0.2, 0.25) is 0 Å². The van der Waals surface area contributed by atoms with Gasteiger partial charge < -0.3 is 15.4 Å². The number of aromatic nitrogens is 2. The van der Waals surface area contributed by atoms with Crippen LogP contribution in [0.4, 0.5) is 4.79 Å². The second-order valence-electron chi connectivity index (χ2n) is 10.2. The zero-order valence-electron chi connectivity index (χ0n) is 21.9. The van der Waals surface area contributed by atoms with Gasteiger partial charge in [0, 0.05) is 54.2 Å². The third-order valence-electron chi connectivity index (χ3n) is 7.38. The van der Waals surface area contributed by atoms with E-state index in [1.165, 1.54) is 0 Å². The normalized spacial score (nSPS) is 20.5. The van der Waals surface area contributed by atoms with Gasteiger partial charge >= 0.3 is 6.03 Å². The van der Waals surface area contributed by atoms with E-state index in [9.17, 15) is 14.4 Å². The second kappa shape index (κ2) is 10.4. The number of hydrogen-bond acceptors (Lipinski definition) is 7. The Kier molecular flexibility index (Phi) is 6.61. The fourth-order valence-electron chi connectivity index (χ4n) is 5.46. The van der Waals surface area contributed by atoms with Crippen molar-refractivity contribution in [1.82, 2.24) is 30.8 Å². The molecule has 0 aliphatic carbocycles. The number of benzene rings is 2.